The van der Waals surface area contributed by atoms with Gasteiger partial charge in [-0.2, -0.15) is 5.26 Å². The minimum atomic E-state index is -4.78. The Labute approximate surface area is 208 Å². The molecule has 0 unspecified atom stereocenters. The quantitative estimate of drug-likeness (QED) is 0.275. The smallest absolute Gasteiger partial charge is 0.406 e. The number of carbonyl (C=O) groups is 1. The first-order valence-corrected chi connectivity index (χ1v) is 12.1. The van der Waals surface area contributed by atoms with Crippen LogP contribution in [0, 0.1) is 18.3 Å². The molecule has 0 radical (unpaired) electrons. The van der Waals surface area contributed by atoms with Crippen LogP contribution in [0.3, 0.4) is 0 Å². The number of ether oxygens (including phenoxy) is 1. The molecule has 1 amide bonds. The molecule has 0 bridgehead atoms. The van der Waals surface area contributed by atoms with Gasteiger partial charge in [0, 0.05) is 22.9 Å². The largest absolute Gasteiger partial charge is 0.573 e. The van der Waals surface area contributed by atoms with Crippen molar-refractivity contribution in [3.05, 3.63) is 70.2 Å². The molecule has 3 rings (SSSR count). The number of aliphatic hydroxyl groups is 1. The molecule has 0 aliphatic carbocycles. The number of anilines is 2. The number of alkyl halides is 3. The van der Waals surface area contributed by atoms with E-state index in [0.29, 0.717) is 39.0 Å². The van der Waals surface area contributed by atoms with Crippen LogP contribution in [0.15, 0.2) is 48.5 Å². The lowest BCUT2D eigenvalue weighted by molar-refractivity contribution is -0.274. The lowest BCUT2D eigenvalue weighted by Gasteiger charge is -2.22. The van der Waals surface area contributed by atoms with E-state index in [2.05, 4.69) is 20.5 Å². The number of aryl methyl sites for hydroxylation is 1. The highest BCUT2D eigenvalue weighted by atomic mass is 32.2. The molecule has 0 saturated heterocycles. The zero-order chi connectivity index (χ0) is 25.4. The number of aromatic nitrogens is 1. The number of hydrogen-bond acceptors (Lipinski definition) is 8. The summed E-state index contributed by atoms with van der Waals surface area (Å²) in [4.78, 5) is 19.6. The second kappa shape index (κ2) is 11.9. The van der Waals surface area contributed by atoms with E-state index in [1.807, 2.05) is 4.90 Å². The van der Waals surface area contributed by atoms with Gasteiger partial charge in [-0.1, -0.05) is 24.1 Å². The Morgan fingerprint density at radius 3 is 2.51 bits per heavy atom. The number of aliphatic hydroxyl groups excluding tert-OH is 1. The topological polar surface area (TPSA) is 98.5 Å². The minimum absolute atomic E-state index is 0.0333. The fraction of sp³-hybridized carbons (Fsp3) is 0.261. The molecule has 0 fully saturated rings. The van der Waals surface area contributed by atoms with Gasteiger partial charge in [0.1, 0.15) is 11.4 Å². The van der Waals surface area contributed by atoms with Crippen molar-refractivity contribution in [1.82, 2.24) is 9.71 Å². The molecular formula is C23H21F3N4O3S2. The number of carbonyl (C=O) groups excluding carboxylic acids is 1. The zero-order valence-corrected chi connectivity index (χ0v) is 20.1. The van der Waals surface area contributed by atoms with Gasteiger partial charge >= 0.3 is 6.36 Å². The summed E-state index contributed by atoms with van der Waals surface area (Å²) in [6.07, 6.45) is -4.23. The molecule has 0 atom stereocenters. The number of benzene rings is 2. The number of nitrogens with zero attached hydrogens (tertiary/aromatic N) is 3. The highest BCUT2D eigenvalue weighted by Gasteiger charge is 2.31. The number of thiazole rings is 1. The maximum atomic E-state index is 12.6. The van der Waals surface area contributed by atoms with Crippen molar-refractivity contribution in [3.63, 3.8) is 0 Å². The van der Waals surface area contributed by atoms with Gasteiger partial charge in [0.2, 0.25) is 0 Å². The highest BCUT2D eigenvalue weighted by molar-refractivity contribution is 7.97. The summed E-state index contributed by atoms with van der Waals surface area (Å²) in [6.45, 7) is 2.05. The second-order valence-corrected chi connectivity index (χ2v) is 9.28. The summed E-state index contributed by atoms with van der Waals surface area (Å²) < 4.78 is 44.1. The summed E-state index contributed by atoms with van der Waals surface area (Å²) >= 11 is 2.48. The number of nitriles is 1. The predicted molar refractivity (Wildman–Crippen MR) is 129 cm³/mol. The van der Waals surface area contributed by atoms with Crippen LogP contribution in [0.4, 0.5) is 24.0 Å². The van der Waals surface area contributed by atoms with Crippen LogP contribution in [0.1, 0.15) is 32.9 Å². The molecule has 0 aliphatic rings. The normalized spacial score (nSPS) is 11.1. The molecule has 1 heterocycles. The summed E-state index contributed by atoms with van der Waals surface area (Å²) in [6, 6.07) is 14.3. The standard InChI is InChI=1S/C23H21F3N4O3S2/c1-15-20(21(32)29-34-12-2-11-31)28-22(35-15)30(18-7-3-16(13-27)4-8-18)14-17-5-9-19(10-6-17)33-23(24,25)26/h3-10,31H,2,11-12,14H2,1H3,(H,29,32). The van der Waals surface area contributed by atoms with Crippen LogP contribution in [0.25, 0.3) is 0 Å². The van der Waals surface area contributed by atoms with Gasteiger partial charge in [-0.25, -0.2) is 4.98 Å². The maximum absolute atomic E-state index is 12.6. The van der Waals surface area contributed by atoms with E-state index < -0.39 is 6.36 Å². The highest BCUT2D eigenvalue weighted by Crippen LogP contribution is 2.34. The number of hydrogen-bond donors (Lipinski definition) is 2. The Bertz CT molecular complexity index is 1180. The first-order valence-electron chi connectivity index (χ1n) is 10.3. The molecule has 12 heteroatoms. The van der Waals surface area contributed by atoms with Crippen molar-refractivity contribution >= 4 is 40.0 Å². The van der Waals surface area contributed by atoms with Crippen molar-refractivity contribution in [2.45, 2.75) is 26.3 Å². The van der Waals surface area contributed by atoms with Crippen LogP contribution < -0.4 is 14.4 Å². The van der Waals surface area contributed by atoms with Crippen molar-refractivity contribution in [2.24, 2.45) is 0 Å². The summed E-state index contributed by atoms with van der Waals surface area (Å²) in [5.74, 6) is -0.126. The van der Waals surface area contributed by atoms with Crippen LogP contribution in [0.2, 0.25) is 0 Å². The second-order valence-electron chi connectivity index (χ2n) is 7.19. The van der Waals surface area contributed by atoms with Crippen LogP contribution in [-0.2, 0) is 6.54 Å². The van der Waals surface area contributed by atoms with E-state index in [0.717, 1.165) is 0 Å². The molecule has 2 N–H and O–H groups in total. The van der Waals surface area contributed by atoms with E-state index in [1.165, 1.54) is 47.6 Å². The number of rotatable bonds is 10. The molecular weight excluding hydrogens is 501 g/mol. The molecule has 1 aromatic heterocycles. The molecule has 0 spiro atoms. The molecule has 3 aromatic rings. The van der Waals surface area contributed by atoms with Gasteiger partial charge in [-0.3, -0.25) is 9.52 Å². The number of amides is 1. The van der Waals surface area contributed by atoms with E-state index >= 15 is 0 Å². The summed E-state index contributed by atoms with van der Waals surface area (Å²) in [5.41, 5.74) is 2.10. The molecule has 0 saturated carbocycles. The SMILES string of the molecule is Cc1sc(N(Cc2ccc(OC(F)(F)F)cc2)c2ccc(C#N)cc2)nc1C(=O)NSCCCO. The average Bonchev–Trinajstić information content (AvgIpc) is 3.21. The van der Waals surface area contributed by atoms with Crippen molar-refractivity contribution in [1.29, 1.82) is 5.26 Å². The third-order valence-corrected chi connectivity index (χ3v) is 6.42. The fourth-order valence-corrected chi connectivity index (χ4v) is 4.50. The van der Waals surface area contributed by atoms with Gasteiger partial charge in [-0.05, 0) is 55.3 Å². The molecule has 7 nitrogen and oxygen atoms in total. The lowest BCUT2D eigenvalue weighted by Crippen LogP contribution is -2.20. The Hall–Kier alpha value is -3.27. The Balaban J connectivity index is 1.87. The van der Waals surface area contributed by atoms with Crippen LogP contribution >= 0.6 is 23.3 Å². The first-order chi connectivity index (χ1) is 16.7. The fourth-order valence-electron chi connectivity index (χ4n) is 2.97. The third kappa shape index (κ3) is 7.61. The Kier molecular flexibility index (Phi) is 8.97. The number of halogens is 3. The zero-order valence-electron chi connectivity index (χ0n) is 18.5. The minimum Gasteiger partial charge on any atom is -0.406 e. The summed E-state index contributed by atoms with van der Waals surface area (Å²) in [7, 11) is 0. The van der Waals surface area contributed by atoms with Crippen LogP contribution in [-0.4, -0.2) is 34.7 Å². The van der Waals surface area contributed by atoms with Gasteiger partial charge < -0.3 is 14.7 Å². The lowest BCUT2D eigenvalue weighted by atomic mass is 10.1. The van der Waals surface area contributed by atoms with Crippen molar-refractivity contribution in [3.8, 4) is 11.8 Å². The molecule has 0 aliphatic heterocycles. The maximum Gasteiger partial charge on any atom is 0.573 e. The van der Waals surface area contributed by atoms with E-state index in [1.54, 1.807) is 31.2 Å². The average molecular weight is 523 g/mol. The van der Waals surface area contributed by atoms with Crippen molar-refractivity contribution in [2.75, 3.05) is 17.3 Å². The van der Waals surface area contributed by atoms with Gasteiger partial charge in [0.25, 0.3) is 5.91 Å². The monoisotopic (exact) mass is 522 g/mol. The van der Waals surface area contributed by atoms with Gasteiger partial charge in [-0.15, -0.1) is 24.5 Å². The van der Waals surface area contributed by atoms with E-state index in [9.17, 15) is 18.0 Å². The predicted octanol–water partition coefficient (Wildman–Crippen LogP) is 5.32. The van der Waals surface area contributed by atoms with Crippen LogP contribution in [0.5, 0.6) is 5.75 Å². The van der Waals surface area contributed by atoms with Gasteiger partial charge in [0.05, 0.1) is 18.2 Å². The van der Waals surface area contributed by atoms with E-state index in [4.69, 9.17) is 10.4 Å². The van der Waals surface area contributed by atoms with Crippen molar-refractivity contribution < 1.29 is 27.8 Å². The summed E-state index contributed by atoms with van der Waals surface area (Å²) in [5, 5.41) is 18.5. The van der Waals surface area contributed by atoms with Gasteiger partial charge in [0.15, 0.2) is 5.13 Å². The third-order valence-electron chi connectivity index (χ3n) is 4.61. The molecule has 184 valence electrons. The Morgan fingerprint density at radius 1 is 1.23 bits per heavy atom. The molecule has 2 aromatic carbocycles. The number of nitrogens with one attached hydrogen (secondary N) is 1. The Morgan fingerprint density at radius 2 is 1.91 bits per heavy atom. The molecule has 35 heavy (non-hydrogen) atoms. The first kappa shape index (κ1) is 26.3. The van der Waals surface area contributed by atoms with E-state index in [-0.39, 0.29) is 30.5 Å².